The maximum Gasteiger partial charge on any atom is 0.173 e. The van der Waals surface area contributed by atoms with Crippen molar-refractivity contribution in [1.82, 2.24) is 4.90 Å². The fourth-order valence-corrected chi connectivity index (χ4v) is 3.99. The van der Waals surface area contributed by atoms with E-state index in [1.165, 1.54) is 10.4 Å². The van der Waals surface area contributed by atoms with E-state index in [9.17, 15) is 0 Å². The molecule has 1 aromatic heterocycles. The minimum atomic E-state index is 0.332. The van der Waals surface area contributed by atoms with Gasteiger partial charge in [0.25, 0.3) is 0 Å². The molecular weight excluding hydrogens is 300 g/mol. The Balaban J connectivity index is 1.71. The van der Waals surface area contributed by atoms with Crippen molar-refractivity contribution in [1.29, 1.82) is 0 Å². The van der Waals surface area contributed by atoms with Crippen LogP contribution in [0.25, 0.3) is 0 Å². The molecule has 21 heavy (non-hydrogen) atoms. The highest BCUT2D eigenvalue weighted by molar-refractivity contribution is 7.80. The van der Waals surface area contributed by atoms with Crippen molar-refractivity contribution >= 4 is 34.4 Å². The highest BCUT2D eigenvalue weighted by atomic mass is 32.1. The summed E-state index contributed by atoms with van der Waals surface area (Å²) in [5.41, 5.74) is 2.40. The second-order valence-corrected chi connectivity index (χ2v) is 6.46. The standard InChI is InChI=1S/C16H18N2OS2/c1-11-14-8-10-21-15(14)7-9-18(11)16(20)17-12-3-5-13(19-2)6-4-12/h3-6,8,10-11H,7,9H2,1-2H3,(H,17,20)/t11-/m1/s1. The summed E-state index contributed by atoms with van der Waals surface area (Å²) < 4.78 is 5.17. The van der Waals surface area contributed by atoms with Crippen molar-refractivity contribution < 1.29 is 4.74 Å². The lowest BCUT2D eigenvalue weighted by Crippen LogP contribution is -2.40. The van der Waals surface area contributed by atoms with Gasteiger partial charge in [0.15, 0.2) is 5.11 Å². The lowest BCUT2D eigenvalue weighted by molar-refractivity contribution is 0.326. The number of thiocarbonyl (C=S) groups is 1. The van der Waals surface area contributed by atoms with Crippen molar-refractivity contribution in [3.05, 3.63) is 46.2 Å². The van der Waals surface area contributed by atoms with Crippen molar-refractivity contribution in [2.45, 2.75) is 19.4 Å². The highest BCUT2D eigenvalue weighted by Crippen LogP contribution is 2.33. The maximum atomic E-state index is 5.58. The maximum absolute atomic E-state index is 5.58. The summed E-state index contributed by atoms with van der Waals surface area (Å²) in [6.45, 7) is 3.18. The molecule has 0 unspecified atom stereocenters. The summed E-state index contributed by atoms with van der Waals surface area (Å²) in [6, 6.07) is 10.4. The van der Waals surface area contributed by atoms with Gasteiger partial charge in [-0.2, -0.15) is 0 Å². The molecule has 1 aliphatic rings. The van der Waals surface area contributed by atoms with Gasteiger partial charge in [0.1, 0.15) is 5.75 Å². The molecule has 0 fully saturated rings. The topological polar surface area (TPSA) is 24.5 Å². The molecule has 2 heterocycles. The first-order valence-corrected chi connectivity index (χ1v) is 8.26. The van der Waals surface area contributed by atoms with Crippen LogP contribution < -0.4 is 10.1 Å². The number of hydrogen-bond acceptors (Lipinski definition) is 3. The van der Waals surface area contributed by atoms with E-state index < -0.39 is 0 Å². The van der Waals surface area contributed by atoms with Gasteiger partial charge in [-0.25, -0.2) is 0 Å². The molecule has 1 N–H and O–H groups in total. The van der Waals surface area contributed by atoms with E-state index in [1.54, 1.807) is 7.11 Å². The summed E-state index contributed by atoms with van der Waals surface area (Å²) in [5, 5.41) is 6.27. The molecule has 1 aromatic carbocycles. The number of fused-ring (bicyclic) bond motifs is 1. The van der Waals surface area contributed by atoms with Crippen molar-refractivity contribution in [3.63, 3.8) is 0 Å². The van der Waals surface area contributed by atoms with Crippen LogP contribution in [0.1, 0.15) is 23.4 Å². The smallest absolute Gasteiger partial charge is 0.173 e. The van der Waals surface area contributed by atoms with Gasteiger partial charge in [0.2, 0.25) is 0 Å². The van der Waals surface area contributed by atoms with Gasteiger partial charge in [-0.1, -0.05) is 0 Å². The Labute approximate surface area is 134 Å². The quantitative estimate of drug-likeness (QED) is 0.844. The molecule has 0 saturated heterocycles. The molecule has 0 aliphatic carbocycles. The average molecular weight is 318 g/mol. The van der Waals surface area contributed by atoms with E-state index in [1.807, 2.05) is 35.6 Å². The number of nitrogens with zero attached hydrogens (tertiary/aromatic N) is 1. The summed E-state index contributed by atoms with van der Waals surface area (Å²) in [4.78, 5) is 3.75. The SMILES string of the molecule is COc1ccc(NC(=S)N2CCc3sccc3[C@H]2C)cc1. The lowest BCUT2D eigenvalue weighted by atomic mass is 10.0. The number of thiophene rings is 1. The van der Waals surface area contributed by atoms with E-state index in [0.717, 1.165) is 29.5 Å². The van der Waals surface area contributed by atoms with Crippen LogP contribution in [0.2, 0.25) is 0 Å². The number of methoxy groups -OCH3 is 1. The summed E-state index contributed by atoms with van der Waals surface area (Å²) in [6.07, 6.45) is 1.07. The monoisotopic (exact) mass is 318 g/mol. The zero-order chi connectivity index (χ0) is 14.8. The zero-order valence-electron chi connectivity index (χ0n) is 12.1. The Morgan fingerprint density at radius 1 is 1.33 bits per heavy atom. The number of anilines is 1. The molecule has 0 amide bonds. The third-order valence-corrected chi connectivity index (χ3v) is 5.21. The summed E-state index contributed by atoms with van der Waals surface area (Å²) in [7, 11) is 1.67. The highest BCUT2D eigenvalue weighted by Gasteiger charge is 2.26. The fraction of sp³-hybridized carbons (Fsp3) is 0.312. The van der Waals surface area contributed by atoms with Crippen LogP contribution in [0.4, 0.5) is 5.69 Å². The molecule has 2 aromatic rings. The van der Waals surface area contributed by atoms with Crippen molar-refractivity contribution in [3.8, 4) is 5.75 Å². The van der Waals surface area contributed by atoms with Crippen LogP contribution >= 0.6 is 23.6 Å². The fourth-order valence-electron chi connectivity index (χ4n) is 2.66. The molecule has 0 radical (unpaired) electrons. The number of hydrogen-bond donors (Lipinski definition) is 1. The minimum Gasteiger partial charge on any atom is -0.497 e. The number of nitrogens with one attached hydrogen (secondary N) is 1. The van der Waals surface area contributed by atoms with Crippen LogP contribution in [0.15, 0.2) is 35.7 Å². The van der Waals surface area contributed by atoms with Crippen LogP contribution in [-0.2, 0) is 6.42 Å². The normalized spacial score (nSPS) is 17.2. The first-order valence-electron chi connectivity index (χ1n) is 6.97. The summed E-state index contributed by atoms with van der Waals surface area (Å²) >= 11 is 7.43. The van der Waals surface area contributed by atoms with Gasteiger partial charge >= 0.3 is 0 Å². The van der Waals surface area contributed by atoms with Crippen LogP contribution in [-0.4, -0.2) is 23.7 Å². The minimum absolute atomic E-state index is 0.332. The second kappa shape index (κ2) is 6.03. The Hall–Kier alpha value is -1.59. The Morgan fingerprint density at radius 2 is 2.10 bits per heavy atom. The molecule has 0 saturated carbocycles. The van der Waals surface area contributed by atoms with Gasteiger partial charge in [-0.15, -0.1) is 11.3 Å². The van der Waals surface area contributed by atoms with E-state index in [4.69, 9.17) is 17.0 Å². The van der Waals surface area contributed by atoms with Gasteiger partial charge in [-0.3, -0.25) is 0 Å². The lowest BCUT2D eigenvalue weighted by Gasteiger charge is -2.35. The van der Waals surface area contributed by atoms with Gasteiger partial charge in [-0.05, 0) is 66.8 Å². The predicted molar refractivity (Wildman–Crippen MR) is 92.4 cm³/mol. The Morgan fingerprint density at radius 3 is 2.81 bits per heavy atom. The van der Waals surface area contributed by atoms with E-state index >= 15 is 0 Å². The summed E-state index contributed by atoms with van der Waals surface area (Å²) in [5.74, 6) is 0.848. The second-order valence-electron chi connectivity index (χ2n) is 5.08. The number of rotatable bonds is 2. The molecule has 5 heteroatoms. The van der Waals surface area contributed by atoms with Crippen LogP contribution in [0.5, 0.6) is 5.75 Å². The molecule has 1 aliphatic heterocycles. The van der Waals surface area contributed by atoms with Crippen molar-refractivity contribution in [2.75, 3.05) is 19.0 Å². The van der Waals surface area contributed by atoms with Crippen LogP contribution in [0, 0.1) is 0 Å². The third kappa shape index (κ3) is 2.89. The molecule has 3 rings (SSSR count). The van der Waals surface area contributed by atoms with E-state index in [2.05, 4.69) is 28.6 Å². The van der Waals surface area contributed by atoms with Crippen molar-refractivity contribution in [2.24, 2.45) is 0 Å². The third-order valence-electron chi connectivity index (χ3n) is 3.88. The van der Waals surface area contributed by atoms with Crippen LogP contribution in [0.3, 0.4) is 0 Å². The number of benzene rings is 1. The van der Waals surface area contributed by atoms with E-state index in [0.29, 0.717) is 6.04 Å². The largest absolute Gasteiger partial charge is 0.497 e. The van der Waals surface area contributed by atoms with E-state index in [-0.39, 0.29) is 0 Å². The van der Waals surface area contributed by atoms with Gasteiger partial charge < -0.3 is 15.0 Å². The average Bonchev–Trinajstić information content (AvgIpc) is 2.98. The molecule has 0 spiro atoms. The molecule has 110 valence electrons. The molecule has 0 bridgehead atoms. The van der Waals surface area contributed by atoms with Gasteiger partial charge in [0, 0.05) is 17.1 Å². The first-order chi connectivity index (χ1) is 10.2. The molecule has 1 atom stereocenters. The van der Waals surface area contributed by atoms with Gasteiger partial charge in [0.05, 0.1) is 13.2 Å². The predicted octanol–water partition coefficient (Wildman–Crippen LogP) is 4.07. The first kappa shape index (κ1) is 14.4. The molecule has 3 nitrogen and oxygen atoms in total. The Kier molecular flexibility index (Phi) is 4.12. The molecular formula is C16H18N2OS2. The number of ether oxygens (including phenoxy) is 1. The zero-order valence-corrected chi connectivity index (χ0v) is 13.8. The Bertz CT molecular complexity index is 636.